The molecule has 7 nitrogen and oxygen atoms in total. The molecular formula is C28H23N5O2S. The fraction of sp³-hybridized carbons (Fsp3) is 0.143. The van der Waals surface area contributed by atoms with E-state index in [1.165, 1.54) is 0 Å². The first kappa shape index (κ1) is 23.3. The van der Waals surface area contributed by atoms with E-state index in [1.54, 1.807) is 0 Å². The molecule has 1 aromatic heterocycles. The molecule has 1 aliphatic heterocycles. The zero-order valence-corrected chi connectivity index (χ0v) is 20.4. The molecule has 0 spiro atoms. The molecule has 8 heteroatoms. The van der Waals surface area contributed by atoms with Gasteiger partial charge in [0.2, 0.25) is 5.82 Å². The van der Waals surface area contributed by atoms with Gasteiger partial charge < -0.3 is 15.0 Å². The lowest BCUT2D eigenvalue weighted by Crippen LogP contribution is -2.48. The van der Waals surface area contributed by atoms with Gasteiger partial charge in [0.15, 0.2) is 0 Å². The van der Waals surface area contributed by atoms with Crippen molar-refractivity contribution in [1.82, 2.24) is 20.5 Å². The number of benzene rings is 3. The van der Waals surface area contributed by atoms with Crippen LogP contribution >= 0.6 is 12.2 Å². The van der Waals surface area contributed by atoms with Crippen LogP contribution in [0.1, 0.15) is 33.1 Å². The smallest absolute Gasteiger partial charge is 0.291 e. The first-order chi connectivity index (χ1) is 17.6. The van der Waals surface area contributed by atoms with Crippen molar-refractivity contribution in [3.05, 3.63) is 107 Å². The number of aromatic nitrogens is 3. The summed E-state index contributed by atoms with van der Waals surface area (Å²) in [6.45, 7) is 0.193. The number of hydrogen-bond acceptors (Lipinski definition) is 5. The summed E-state index contributed by atoms with van der Waals surface area (Å²) in [7, 11) is 1.86. The number of rotatable bonds is 4. The number of aromatic amines is 1. The molecule has 1 aliphatic rings. The van der Waals surface area contributed by atoms with E-state index in [1.807, 2.05) is 90.8 Å². The van der Waals surface area contributed by atoms with Crippen LogP contribution in [0.3, 0.4) is 0 Å². The SMILES string of the molecule is CN1C(=S)[C@@H](NC(=O)c2n[nH]c(Cc3ccccc3)n2)COc2ccc(C#Cc3ccccc3)cc21. The van der Waals surface area contributed by atoms with E-state index in [4.69, 9.17) is 17.0 Å². The summed E-state index contributed by atoms with van der Waals surface area (Å²) in [5, 5.41) is 9.83. The average Bonchev–Trinajstić information content (AvgIpc) is 3.35. The van der Waals surface area contributed by atoms with Gasteiger partial charge in [-0.2, -0.15) is 0 Å². The topological polar surface area (TPSA) is 83.1 Å². The van der Waals surface area contributed by atoms with Crippen molar-refractivity contribution in [2.75, 3.05) is 18.6 Å². The zero-order valence-electron chi connectivity index (χ0n) is 19.6. The van der Waals surface area contributed by atoms with Crippen molar-refractivity contribution < 1.29 is 9.53 Å². The third-order valence-corrected chi connectivity index (χ3v) is 6.29. The average molecular weight is 494 g/mol. The van der Waals surface area contributed by atoms with E-state index in [0.29, 0.717) is 23.0 Å². The molecule has 0 saturated carbocycles. The second-order valence-electron chi connectivity index (χ2n) is 8.30. The van der Waals surface area contributed by atoms with Gasteiger partial charge in [-0.3, -0.25) is 9.89 Å². The Morgan fingerprint density at radius 2 is 1.81 bits per heavy atom. The summed E-state index contributed by atoms with van der Waals surface area (Å²) in [5.74, 6) is 7.27. The maximum absolute atomic E-state index is 12.9. The molecule has 3 aromatic carbocycles. The molecule has 36 heavy (non-hydrogen) atoms. The fourth-order valence-electron chi connectivity index (χ4n) is 3.83. The second-order valence-corrected chi connectivity index (χ2v) is 8.72. The third kappa shape index (κ3) is 5.27. The molecule has 5 rings (SSSR count). The van der Waals surface area contributed by atoms with E-state index >= 15 is 0 Å². The number of carbonyl (C=O) groups is 1. The van der Waals surface area contributed by atoms with Gasteiger partial charge in [0.25, 0.3) is 5.91 Å². The largest absolute Gasteiger partial charge is 0.489 e. The Morgan fingerprint density at radius 3 is 2.58 bits per heavy atom. The number of thiocarbonyl (C=S) groups is 1. The van der Waals surface area contributed by atoms with Gasteiger partial charge in [0.05, 0.1) is 5.69 Å². The number of likely N-dealkylation sites (N-methyl/N-ethyl adjacent to an activating group) is 1. The predicted octanol–water partition coefficient (Wildman–Crippen LogP) is 3.75. The number of hydrogen-bond donors (Lipinski definition) is 2. The van der Waals surface area contributed by atoms with Crippen molar-refractivity contribution in [1.29, 1.82) is 0 Å². The fourth-order valence-corrected chi connectivity index (χ4v) is 4.06. The second kappa shape index (κ2) is 10.4. The first-order valence-corrected chi connectivity index (χ1v) is 11.9. The van der Waals surface area contributed by atoms with Gasteiger partial charge in [-0.25, -0.2) is 4.98 Å². The lowest BCUT2D eigenvalue weighted by atomic mass is 10.1. The van der Waals surface area contributed by atoms with E-state index in [2.05, 4.69) is 32.3 Å². The summed E-state index contributed by atoms with van der Waals surface area (Å²) in [6.07, 6.45) is 0.555. The quantitative estimate of drug-likeness (QED) is 0.333. The lowest BCUT2D eigenvalue weighted by Gasteiger charge is -2.23. The van der Waals surface area contributed by atoms with Crippen LogP contribution in [0.25, 0.3) is 0 Å². The Kier molecular flexibility index (Phi) is 6.74. The number of H-pyrrole nitrogens is 1. The number of ether oxygens (including phenoxy) is 1. The number of anilines is 1. The highest BCUT2D eigenvalue weighted by Gasteiger charge is 2.29. The number of nitrogens with zero attached hydrogens (tertiary/aromatic N) is 3. The standard InChI is InChI=1S/C28H23N5O2S/c1-33-23-16-21(13-12-19-8-4-2-5-9-19)14-15-24(23)35-18-22(28(33)36)29-27(34)26-30-25(31-32-26)17-20-10-6-3-7-11-20/h2-11,14-16,22H,17-18H2,1H3,(H,29,34)(H,30,31,32)/t22-/m0/s1. The molecule has 1 amide bonds. The highest BCUT2D eigenvalue weighted by Crippen LogP contribution is 2.32. The predicted molar refractivity (Wildman–Crippen MR) is 142 cm³/mol. The minimum atomic E-state index is -0.528. The Balaban J connectivity index is 1.28. The van der Waals surface area contributed by atoms with Crippen LogP contribution in [0.2, 0.25) is 0 Å². The summed E-state index contributed by atoms with van der Waals surface area (Å²) in [4.78, 5) is 19.6. The highest BCUT2D eigenvalue weighted by molar-refractivity contribution is 7.80. The normalized spacial score (nSPS) is 14.6. The van der Waals surface area contributed by atoms with Gasteiger partial charge >= 0.3 is 0 Å². The number of carbonyl (C=O) groups excluding carboxylic acids is 1. The summed E-state index contributed by atoms with van der Waals surface area (Å²) >= 11 is 5.70. The molecule has 0 bridgehead atoms. The van der Waals surface area contributed by atoms with Crippen LogP contribution in [0.5, 0.6) is 5.75 Å². The summed E-state index contributed by atoms with van der Waals surface area (Å²) in [6, 6.07) is 24.9. The van der Waals surface area contributed by atoms with Gasteiger partial charge in [-0.15, -0.1) is 5.10 Å². The molecule has 0 aliphatic carbocycles. The van der Waals surface area contributed by atoms with Gasteiger partial charge in [0.1, 0.15) is 29.2 Å². The van der Waals surface area contributed by atoms with Crippen LogP contribution in [0.4, 0.5) is 5.69 Å². The van der Waals surface area contributed by atoms with E-state index in [0.717, 1.165) is 22.4 Å². The highest BCUT2D eigenvalue weighted by atomic mass is 32.1. The monoisotopic (exact) mass is 493 g/mol. The Labute approximate surface area is 214 Å². The van der Waals surface area contributed by atoms with Crippen LogP contribution < -0.4 is 15.0 Å². The van der Waals surface area contributed by atoms with Gasteiger partial charge in [-0.1, -0.05) is 72.6 Å². The number of amides is 1. The Hall–Kier alpha value is -4.48. The summed E-state index contributed by atoms with van der Waals surface area (Å²) in [5.41, 5.74) is 3.64. The molecule has 178 valence electrons. The van der Waals surface area contributed by atoms with Crippen molar-refractivity contribution in [3.63, 3.8) is 0 Å². The minimum absolute atomic E-state index is 0.0617. The maximum Gasteiger partial charge on any atom is 0.291 e. The molecule has 0 fully saturated rings. The maximum atomic E-state index is 12.9. The van der Waals surface area contributed by atoms with Crippen LogP contribution in [-0.4, -0.2) is 45.8 Å². The van der Waals surface area contributed by atoms with Crippen molar-refractivity contribution in [2.24, 2.45) is 0 Å². The first-order valence-electron chi connectivity index (χ1n) is 11.4. The van der Waals surface area contributed by atoms with E-state index in [-0.39, 0.29) is 12.4 Å². The number of fused-ring (bicyclic) bond motifs is 1. The molecule has 0 radical (unpaired) electrons. The molecule has 1 atom stereocenters. The summed E-state index contributed by atoms with van der Waals surface area (Å²) < 4.78 is 6.00. The minimum Gasteiger partial charge on any atom is -0.489 e. The van der Waals surface area contributed by atoms with Gasteiger partial charge in [-0.05, 0) is 35.9 Å². The molecular weight excluding hydrogens is 470 g/mol. The zero-order chi connectivity index (χ0) is 24.9. The molecule has 0 saturated heterocycles. The van der Waals surface area contributed by atoms with Crippen molar-refractivity contribution >= 4 is 28.8 Å². The molecule has 0 unspecified atom stereocenters. The van der Waals surface area contributed by atoms with E-state index < -0.39 is 11.9 Å². The third-order valence-electron chi connectivity index (χ3n) is 5.73. The van der Waals surface area contributed by atoms with E-state index in [9.17, 15) is 4.79 Å². The Morgan fingerprint density at radius 1 is 1.08 bits per heavy atom. The molecule has 2 N–H and O–H groups in total. The Bertz CT molecular complexity index is 1460. The van der Waals surface area contributed by atoms with Crippen molar-refractivity contribution in [3.8, 4) is 17.6 Å². The van der Waals surface area contributed by atoms with Crippen molar-refractivity contribution in [2.45, 2.75) is 12.5 Å². The molecule has 4 aromatic rings. The van der Waals surface area contributed by atoms with Crippen LogP contribution in [-0.2, 0) is 6.42 Å². The van der Waals surface area contributed by atoms with Crippen LogP contribution in [0, 0.1) is 11.8 Å². The molecule has 2 heterocycles. The lowest BCUT2D eigenvalue weighted by molar-refractivity contribution is 0.0927. The van der Waals surface area contributed by atoms with Gasteiger partial charge in [0, 0.05) is 24.6 Å². The number of nitrogens with one attached hydrogen (secondary N) is 2. The van der Waals surface area contributed by atoms with Crippen LogP contribution in [0.15, 0.2) is 78.9 Å².